The van der Waals surface area contributed by atoms with Crippen LogP contribution in [0.3, 0.4) is 0 Å². The monoisotopic (exact) mass is 252 g/mol. The molecule has 94 valence electrons. The molecule has 1 aliphatic rings. The highest BCUT2D eigenvalue weighted by molar-refractivity contribution is 6.20. The third-order valence-corrected chi connectivity index (χ3v) is 4.32. The van der Waals surface area contributed by atoms with Gasteiger partial charge >= 0.3 is 0 Å². The zero-order chi connectivity index (χ0) is 12.6. The molecule has 0 radical (unpaired) electrons. The maximum atomic E-state index is 6.28. The quantitative estimate of drug-likeness (QED) is 0.711. The van der Waals surface area contributed by atoms with Crippen molar-refractivity contribution in [2.75, 3.05) is 7.11 Å². The number of halogens is 1. The van der Waals surface area contributed by atoms with Crippen molar-refractivity contribution in [3.05, 3.63) is 28.8 Å². The summed E-state index contributed by atoms with van der Waals surface area (Å²) in [6.07, 6.45) is 3.31. The molecule has 1 fully saturated rings. The molecule has 1 saturated carbocycles. The van der Waals surface area contributed by atoms with Gasteiger partial charge in [0.2, 0.25) is 0 Å². The standard InChI is InChI=1S/C15H21ClO/c1-10-7-11(2)14(13(8-10)17-4)15(3)6-5-12(16)9-15/h7-8,12H,5-6,9H2,1-4H3. The summed E-state index contributed by atoms with van der Waals surface area (Å²) >= 11 is 6.28. The van der Waals surface area contributed by atoms with Gasteiger partial charge in [-0.05, 0) is 55.7 Å². The van der Waals surface area contributed by atoms with E-state index in [-0.39, 0.29) is 5.41 Å². The predicted molar refractivity (Wildman–Crippen MR) is 73.3 cm³/mol. The van der Waals surface area contributed by atoms with Gasteiger partial charge in [0.25, 0.3) is 0 Å². The average Bonchev–Trinajstić information content (AvgIpc) is 2.57. The normalized spacial score (nSPS) is 28.4. The minimum atomic E-state index is 0.176. The summed E-state index contributed by atoms with van der Waals surface area (Å²) in [5.74, 6) is 1.02. The van der Waals surface area contributed by atoms with Crippen molar-refractivity contribution in [1.82, 2.24) is 0 Å². The summed E-state index contributed by atoms with van der Waals surface area (Å²) in [7, 11) is 1.76. The van der Waals surface area contributed by atoms with Crippen LogP contribution in [0.25, 0.3) is 0 Å². The molecule has 0 aliphatic heterocycles. The summed E-state index contributed by atoms with van der Waals surface area (Å²) in [4.78, 5) is 0. The van der Waals surface area contributed by atoms with Crippen molar-refractivity contribution in [3.63, 3.8) is 0 Å². The Morgan fingerprint density at radius 2 is 2.06 bits per heavy atom. The molecule has 0 saturated heterocycles. The van der Waals surface area contributed by atoms with E-state index in [1.807, 2.05) is 0 Å². The van der Waals surface area contributed by atoms with Gasteiger partial charge in [-0.25, -0.2) is 0 Å². The van der Waals surface area contributed by atoms with E-state index < -0.39 is 0 Å². The molecule has 2 rings (SSSR count). The number of rotatable bonds is 2. The Bertz CT molecular complexity index is 427. The van der Waals surface area contributed by atoms with Gasteiger partial charge in [0, 0.05) is 10.9 Å². The van der Waals surface area contributed by atoms with Crippen LogP contribution in [0.1, 0.15) is 42.9 Å². The van der Waals surface area contributed by atoms with Gasteiger partial charge in [-0.15, -0.1) is 11.6 Å². The first kappa shape index (κ1) is 12.8. The Labute approximate surface area is 109 Å². The molecule has 1 aromatic rings. The third-order valence-electron chi connectivity index (χ3n) is 3.95. The Morgan fingerprint density at radius 1 is 1.35 bits per heavy atom. The Hall–Kier alpha value is -0.690. The summed E-state index contributed by atoms with van der Waals surface area (Å²) in [5, 5.41) is 0.311. The second-order valence-electron chi connectivity index (χ2n) is 5.56. The van der Waals surface area contributed by atoms with E-state index in [9.17, 15) is 0 Å². The van der Waals surface area contributed by atoms with Crippen LogP contribution in [0.2, 0.25) is 0 Å². The largest absolute Gasteiger partial charge is 0.496 e. The molecule has 0 spiro atoms. The van der Waals surface area contributed by atoms with Crippen LogP contribution in [0.5, 0.6) is 5.75 Å². The van der Waals surface area contributed by atoms with Gasteiger partial charge in [0.15, 0.2) is 0 Å². The predicted octanol–water partition coefficient (Wildman–Crippen LogP) is 4.36. The van der Waals surface area contributed by atoms with Crippen LogP contribution in [-0.4, -0.2) is 12.5 Å². The lowest BCUT2D eigenvalue weighted by Gasteiger charge is -2.29. The maximum Gasteiger partial charge on any atom is 0.123 e. The zero-order valence-electron chi connectivity index (χ0n) is 11.1. The molecular weight excluding hydrogens is 232 g/mol. The van der Waals surface area contributed by atoms with Gasteiger partial charge in [-0.3, -0.25) is 0 Å². The maximum absolute atomic E-state index is 6.28. The number of aryl methyl sites for hydroxylation is 2. The van der Waals surface area contributed by atoms with Crippen LogP contribution in [0.4, 0.5) is 0 Å². The van der Waals surface area contributed by atoms with E-state index in [0.29, 0.717) is 5.38 Å². The zero-order valence-corrected chi connectivity index (χ0v) is 11.9. The van der Waals surface area contributed by atoms with Crippen molar-refractivity contribution in [3.8, 4) is 5.75 Å². The first-order chi connectivity index (χ1) is 7.96. The fourth-order valence-corrected chi connectivity index (χ4v) is 3.71. The molecule has 0 bridgehead atoms. The van der Waals surface area contributed by atoms with E-state index in [2.05, 4.69) is 32.9 Å². The van der Waals surface area contributed by atoms with E-state index >= 15 is 0 Å². The highest BCUT2D eigenvalue weighted by Gasteiger charge is 2.38. The molecule has 0 heterocycles. The third kappa shape index (κ3) is 2.30. The molecular formula is C15H21ClO. The summed E-state index contributed by atoms with van der Waals surface area (Å²) in [6, 6.07) is 4.37. The molecule has 2 heteroatoms. The van der Waals surface area contributed by atoms with Crippen LogP contribution in [0.15, 0.2) is 12.1 Å². The Balaban J connectivity index is 2.51. The molecule has 0 N–H and O–H groups in total. The van der Waals surface area contributed by atoms with E-state index in [1.54, 1.807) is 7.11 Å². The molecule has 0 amide bonds. The van der Waals surface area contributed by atoms with Gasteiger partial charge in [-0.2, -0.15) is 0 Å². The van der Waals surface area contributed by atoms with Crippen molar-refractivity contribution < 1.29 is 4.74 Å². The van der Waals surface area contributed by atoms with Crippen molar-refractivity contribution >= 4 is 11.6 Å². The number of ether oxygens (including phenoxy) is 1. The smallest absolute Gasteiger partial charge is 0.123 e. The second kappa shape index (κ2) is 4.53. The van der Waals surface area contributed by atoms with Gasteiger partial charge in [0.05, 0.1) is 7.11 Å². The SMILES string of the molecule is COc1cc(C)cc(C)c1C1(C)CCC(Cl)C1. The summed E-state index contributed by atoms with van der Waals surface area (Å²) in [6.45, 7) is 6.61. The summed E-state index contributed by atoms with van der Waals surface area (Å²) < 4.78 is 5.58. The first-order valence-corrected chi connectivity index (χ1v) is 6.70. The number of hydrogen-bond acceptors (Lipinski definition) is 1. The van der Waals surface area contributed by atoms with Crippen molar-refractivity contribution in [2.24, 2.45) is 0 Å². The minimum Gasteiger partial charge on any atom is -0.496 e. The molecule has 17 heavy (non-hydrogen) atoms. The number of benzene rings is 1. The highest BCUT2D eigenvalue weighted by atomic mass is 35.5. The van der Waals surface area contributed by atoms with Gasteiger partial charge < -0.3 is 4.74 Å². The Kier molecular flexibility index (Phi) is 3.40. The highest BCUT2D eigenvalue weighted by Crippen LogP contribution is 2.47. The van der Waals surface area contributed by atoms with E-state index in [4.69, 9.17) is 16.3 Å². The van der Waals surface area contributed by atoms with Crippen LogP contribution in [-0.2, 0) is 5.41 Å². The lowest BCUT2D eigenvalue weighted by molar-refractivity contribution is 0.385. The number of alkyl halides is 1. The lowest BCUT2D eigenvalue weighted by Crippen LogP contribution is -2.20. The second-order valence-corrected chi connectivity index (χ2v) is 6.18. The van der Waals surface area contributed by atoms with Crippen LogP contribution < -0.4 is 4.74 Å². The summed E-state index contributed by atoms with van der Waals surface area (Å²) in [5.41, 5.74) is 4.12. The topological polar surface area (TPSA) is 9.23 Å². The Morgan fingerprint density at radius 3 is 2.59 bits per heavy atom. The van der Waals surface area contributed by atoms with E-state index in [1.165, 1.54) is 16.7 Å². The number of hydrogen-bond donors (Lipinski definition) is 0. The fraction of sp³-hybridized carbons (Fsp3) is 0.600. The molecule has 1 nitrogen and oxygen atoms in total. The molecule has 1 aromatic carbocycles. The van der Waals surface area contributed by atoms with E-state index in [0.717, 1.165) is 25.0 Å². The molecule has 2 unspecified atom stereocenters. The molecule has 1 aliphatic carbocycles. The lowest BCUT2D eigenvalue weighted by atomic mass is 9.78. The van der Waals surface area contributed by atoms with Gasteiger partial charge in [0.1, 0.15) is 5.75 Å². The molecule has 0 aromatic heterocycles. The van der Waals surface area contributed by atoms with Gasteiger partial charge in [-0.1, -0.05) is 13.0 Å². The fourth-order valence-electron chi connectivity index (χ4n) is 3.26. The minimum absolute atomic E-state index is 0.176. The van der Waals surface area contributed by atoms with Crippen LogP contribution >= 0.6 is 11.6 Å². The van der Waals surface area contributed by atoms with Crippen molar-refractivity contribution in [2.45, 2.75) is 50.8 Å². The average molecular weight is 253 g/mol. The molecule has 2 atom stereocenters. The van der Waals surface area contributed by atoms with Crippen molar-refractivity contribution in [1.29, 1.82) is 0 Å². The van der Waals surface area contributed by atoms with Crippen LogP contribution in [0, 0.1) is 13.8 Å². The first-order valence-electron chi connectivity index (χ1n) is 6.26. The number of methoxy groups -OCH3 is 1.